The van der Waals surface area contributed by atoms with Gasteiger partial charge in [-0.3, -0.25) is 40.0 Å². The van der Waals surface area contributed by atoms with Crippen LogP contribution >= 0.6 is 0 Å². The summed E-state index contributed by atoms with van der Waals surface area (Å²) in [6.45, 7) is 14.4. The van der Waals surface area contributed by atoms with Gasteiger partial charge >= 0.3 is 46.9 Å². The van der Waals surface area contributed by atoms with Crippen molar-refractivity contribution in [2.45, 2.75) is 88.9 Å². The Morgan fingerprint density at radius 2 is 0.943 bits per heavy atom. The van der Waals surface area contributed by atoms with Crippen LogP contribution in [0.5, 0.6) is 11.5 Å². The average Bonchev–Trinajstić information content (AvgIpc) is 3.72. The maximum Gasteiger partial charge on any atom is 3.00 e. The zero-order valence-electron chi connectivity index (χ0n) is 39.2. The molecule has 24 nitrogen and oxygen atoms in total. The Balaban J connectivity index is 0.000000360. The summed E-state index contributed by atoms with van der Waals surface area (Å²) >= 11 is 0. The number of sulfonamides is 2. The van der Waals surface area contributed by atoms with Crippen molar-refractivity contribution in [3.05, 3.63) is 136 Å². The minimum absolute atomic E-state index is 0. The molecule has 0 aliphatic rings. The van der Waals surface area contributed by atoms with Gasteiger partial charge in [0.05, 0.1) is 53.8 Å². The van der Waals surface area contributed by atoms with Gasteiger partial charge < -0.3 is 10.2 Å². The standard InChI is InChI=1S/2C21H24N6O6S.Cr.Na/c2*1-5-21(3,4)13-9-16(19(28)17(10-13)27(30)31)23-24-18-12(2)25-26(20(18)29)14-7-6-8-15(11-14)34(22,32)33;;/h2*6-11,25,28H,5H2,1-4H3,(H2,22,32,33);;/q;;+3;+1/p-2. The SMILES string of the molecule is CCC(C)(C)c1cc(N=Nc2c(C)[nH]n(-c3cccc(S(N)(=O)=O)c3)c2=O)c([O-])c([N+](=O)[O-])c1.CCC(C)(C)c1cc(N=Nc2c(C)[nH]n(-c3cccc(S(N)(=O)=O)c3)c2=O)c([O-])c([N+](=O)[O-])c1.[Cr+3].[Na+]. The minimum Gasteiger partial charge on any atom is -0.866 e. The van der Waals surface area contributed by atoms with Crippen molar-refractivity contribution in [2.75, 3.05) is 0 Å². The molecule has 0 fully saturated rings. The van der Waals surface area contributed by atoms with Gasteiger partial charge in [0, 0.05) is 23.6 Å². The Bertz CT molecular complexity index is 3180. The molecule has 6 rings (SSSR count). The van der Waals surface area contributed by atoms with Crippen LogP contribution < -0.4 is 61.2 Å². The minimum atomic E-state index is -3.99. The summed E-state index contributed by atoms with van der Waals surface area (Å²) in [6, 6.07) is 16.1. The molecule has 1 radical (unpaired) electrons. The molecule has 0 spiro atoms. The molecule has 2 heterocycles. The topological polar surface area (TPSA) is 378 Å². The number of benzene rings is 4. The molecule has 0 atom stereocenters. The van der Waals surface area contributed by atoms with Gasteiger partial charge in [-0.2, -0.15) is 10.2 Å². The number of aromatic amines is 2. The molecule has 0 aliphatic heterocycles. The van der Waals surface area contributed by atoms with Crippen molar-refractivity contribution in [2.24, 2.45) is 30.7 Å². The number of nitro benzene ring substituents is 2. The number of aryl methyl sites for hydroxylation is 2. The summed E-state index contributed by atoms with van der Waals surface area (Å²) in [4.78, 5) is 46.7. The predicted octanol–water partition coefficient (Wildman–Crippen LogP) is 3.41. The second kappa shape index (κ2) is 22.3. The predicted molar refractivity (Wildman–Crippen MR) is 245 cm³/mol. The molecule has 6 aromatic rings. The van der Waals surface area contributed by atoms with E-state index < -0.39 is 74.7 Å². The Kier molecular flexibility index (Phi) is 18.5. The maximum absolute atomic E-state index is 12.9. The van der Waals surface area contributed by atoms with Crippen molar-refractivity contribution in [1.82, 2.24) is 19.6 Å². The van der Waals surface area contributed by atoms with E-state index in [0.717, 1.165) is 9.36 Å². The average molecular weight is 1050 g/mol. The van der Waals surface area contributed by atoms with Crippen LogP contribution in [-0.2, 0) is 48.2 Å². The molecule has 70 heavy (non-hydrogen) atoms. The first-order valence-electron chi connectivity index (χ1n) is 20.2. The van der Waals surface area contributed by atoms with E-state index in [2.05, 4.69) is 30.7 Å². The van der Waals surface area contributed by atoms with Crippen LogP contribution in [0, 0.1) is 34.1 Å². The fraction of sp³-hybridized carbons (Fsp3) is 0.286. The summed E-state index contributed by atoms with van der Waals surface area (Å²) in [5.41, 5.74) is -2.34. The fourth-order valence-electron chi connectivity index (χ4n) is 6.29. The third-order valence-corrected chi connectivity index (χ3v) is 13.1. The first-order valence-corrected chi connectivity index (χ1v) is 23.3. The second-order valence-electron chi connectivity index (χ2n) is 16.6. The summed E-state index contributed by atoms with van der Waals surface area (Å²) in [7, 11) is -7.98. The number of nitro groups is 2. The monoisotopic (exact) mass is 1050 g/mol. The van der Waals surface area contributed by atoms with Gasteiger partial charge in [-0.05, 0) is 97.2 Å². The molecular formula is C42H46CrN12NaO12S2+2. The fourth-order valence-corrected chi connectivity index (χ4v) is 7.39. The molecule has 2 aromatic heterocycles. The van der Waals surface area contributed by atoms with E-state index in [4.69, 9.17) is 10.3 Å². The van der Waals surface area contributed by atoms with Crippen LogP contribution in [0.2, 0.25) is 0 Å². The Labute approximate surface area is 433 Å². The van der Waals surface area contributed by atoms with Gasteiger partial charge in [0.1, 0.15) is 0 Å². The zero-order valence-corrected chi connectivity index (χ0v) is 44.1. The third-order valence-electron chi connectivity index (χ3n) is 11.2. The second-order valence-corrected chi connectivity index (χ2v) is 19.7. The largest absolute Gasteiger partial charge is 3.00 e. The van der Waals surface area contributed by atoms with E-state index in [9.17, 15) is 56.9 Å². The summed E-state index contributed by atoms with van der Waals surface area (Å²) in [6.07, 6.45) is 1.30. The number of nitrogens with one attached hydrogen (secondary N) is 2. The molecule has 4 aromatic carbocycles. The van der Waals surface area contributed by atoms with Crippen LogP contribution in [-0.4, -0.2) is 46.2 Å². The Morgan fingerprint density at radius 3 is 1.23 bits per heavy atom. The van der Waals surface area contributed by atoms with E-state index in [1.807, 2.05) is 41.5 Å². The summed E-state index contributed by atoms with van der Waals surface area (Å²) < 4.78 is 48.6. The molecule has 28 heteroatoms. The first kappa shape index (κ1) is 58.2. The number of rotatable bonds is 14. The van der Waals surface area contributed by atoms with E-state index >= 15 is 0 Å². The first-order chi connectivity index (χ1) is 31.5. The molecule has 0 aliphatic carbocycles. The zero-order chi connectivity index (χ0) is 50.8. The molecule has 0 saturated heterocycles. The van der Waals surface area contributed by atoms with Crippen molar-refractivity contribution in [3.63, 3.8) is 0 Å². The molecule has 363 valence electrons. The van der Waals surface area contributed by atoms with Gasteiger partial charge in [0.2, 0.25) is 20.0 Å². The molecule has 0 amide bonds. The van der Waals surface area contributed by atoms with E-state index in [1.54, 1.807) is 0 Å². The van der Waals surface area contributed by atoms with Gasteiger partial charge in [0.25, 0.3) is 22.5 Å². The van der Waals surface area contributed by atoms with Crippen molar-refractivity contribution >= 4 is 54.2 Å². The summed E-state index contributed by atoms with van der Waals surface area (Å²) in [5, 5.41) is 79.3. The molecule has 0 saturated carbocycles. The number of azo groups is 2. The number of H-pyrrole nitrogens is 2. The molecular weight excluding hydrogens is 1000 g/mol. The van der Waals surface area contributed by atoms with Crippen LogP contribution in [0.15, 0.2) is 113 Å². The normalized spacial score (nSPS) is 12.0. The quantitative estimate of drug-likeness (QED) is 0.0528. The molecule has 0 bridgehead atoms. The number of hydrogen-bond acceptors (Lipinski definition) is 16. The van der Waals surface area contributed by atoms with Crippen LogP contribution in [0.1, 0.15) is 76.9 Å². The van der Waals surface area contributed by atoms with Crippen molar-refractivity contribution in [3.8, 4) is 22.9 Å². The van der Waals surface area contributed by atoms with Crippen LogP contribution in [0.4, 0.5) is 34.1 Å². The van der Waals surface area contributed by atoms with E-state index in [-0.39, 0.29) is 102 Å². The van der Waals surface area contributed by atoms with Crippen molar-refractivity contribution in [1.29, 1.82) is 0 Å². The smallest absolute Gasteiger partial charge is 0.866 e. The number of hydrogen-bond donors (Lipinski definition) is 4. The van der Waals surface area contributed by atoms with Gasteiger partial charge in [-0.15, -0.1) is 10.2 Å². The third kappa shape index (κ3) is 12.8. The molecule has 0 unspecified atom stereocenters. The van der Waals surface area contributed by atoms with Gasteiger partial charge in [-0.25, -0.2) is 36.5 Å². The van der Waals surface area contributed by atoms with Gasteiger partial charge in [0.15, 0.2) is 11.4 Å². The Hall–Kier alpha value is -6.15. The molecule has 6 N–H and O–H groups in total. The summed E-state index contributed by atoms with van der Waals surface area (Å²) in [5.74, 6) is -1.84. The van der Waals surface area contributed by atoms with Gasteiger partial charge in [-0.1, -0.05) is 53.7 Å². The van der Waals surface area contributed by atoms with E-state index in [1.165, 1.54) is 86.6 Å². The number of primary sulfonamides is 2. The number of nitrogens with two attached hydrogens (primary N) is 2. The number of aromatic nitrogens is 4. The van der Waals surface area contributed by atoms with Crippen LogP contribution in [0.25, 0.3) is 11.4 Å². The van der Waals surface area contributed by atoms with Crippen LogP contribution in [0.3, 0.4) is 0 Å². The van der Waals surface area contributed by atoms with Crippen molar-refractivity contribution < 1.29 is 83.8 Å². The maximum atomic E-state index is 12.9. The number of nitrogens with zero attached hydrogens (tertiary/aromatic N) is 8. The Morgan fingerprint density at radius 1 is 0.614 bits per heavy atom. The van der Waals surface area contributed by atoms with E-state index in [0.29, 0.717) is 24.0 Å².